The second kappa shape index (κ2) is 6.27. The Bertz CT molecular complexity index is 261. The zero-order valence-corrected chi connectivity index (χ0v) is 9.61. The smallest absolute Gasteiger partial charge is 0.220 e. The molecule has 0 aromatic heterocycles. The molecule has 5 atom stereocenters. The van der Waals surface area contributed by atoms with E-state index in [0.29, 0.717) is 6.42 Å². The maximum atomic E-state index is 11.3. The highest BCUT2D eigenvalue weighted by Crippen LogP contribution is 2.19. The van der Waals surface area contributed by atoms with Gasteiger partial charge in [-0.05, 0) is 6.42 Å². The number of hydrogen-bond acceptors (Lipinski definition) is 6. The van der Waals surface area contributed by atoms with Gasteiger partial charge in [-0.15, -0.1) is 0 Å². The van der Waals surface area contributed by atoms with E-state index >= 15 is 0 Å². The van der Waals surface area contributed by atoms with Gasteiger partial charge in [-0.25, -0.2) is 0 Å². The van der Waals surface area contributed by atoms with E-state index in [4.69, 9.17) is 9.84 Å². The van der Waals surface area contributed by atoms with Crippen molar-refractivity contribution < 1.29 is 30.0 Å². The Balaban J connectivity index is 2.63. The normalized spacial score (nSPS) is 37.8. The van der Waals surface area contributed by atoms with Gasteiger partial charge in [0.1, 0.15) is 24.4 Å². The molecule has 1 fully saturated rings. The SMILES string of the molecule is CCCC(=O)N[C@H]1[C@@H](O)[C@H](O)[C@H](CO)O[C@@H]1O. The molecule has 0 unspecified atom stereocenters. The molecule has 0 aromatic rings. The van der Waals surface area contributed by atoms with E-state index in [-0.39, 0.29) is 12.3 Å². The summed E-state index contributed by atoms with van der Waals surface area (Å²) in [5, 5.41) is 40.1. The summed E-state index contributed by atoms with van der Waals surface area (Å²) >= 11 is 0. The Kier molecular flexibility index (Phi) is 5.29. The van der Waals surface area contributed by atoms with E-state index in [2.05, 4.69) is 5.32 Å². The van der Waals surface area contributed by atoms with Gasteiger partial charge in [-0.1, -0.05) is 6.92 Å². The number of amides is 1. The first kappa shape index (κ1) is 14.3. The van der Waals surface area contributed by atoms with Crippen molar-refractivity contribution in [1.82, 2.24) is 5.32 Å². The Morgan fingerprint density at radius 2 is 1.94 bits per heavy atom. The minimum absolute atomic E-state index is 0.259. The number of carbonyl (C=O) groups is 1. The third-order valence-electron chi connectivity index (χ3n) is 2.70. The number of aliphatic hydroxyl groups excluding tert-OH is 4. The van der Waals surface area contributed by atoms with Gasteiger partial charge in [0.25, 0.3) is 0 Å². The van der Waals surface area contributed by atoms with Crippen molar-refractivity contribution in [2.75, 3.05) is 6.61 Å². The summed E-state index contributed by atoms with van der Waals surface area (Å²) in [5.41, 5.74) is 0. The van der Waals surface area contributed by atoms with Crippen LogP contribution in [0.3, 0.4) is 0 Å². The summed E-state index contributed by atoms with van der Waals surface area (Å²) in [4.78, 5) is 11.3. The molecule has 7 heteroatoms. The summed E-state index contributed by atoms with van der Waals surface area (Å²) < 4.78 is 4.89. The molecule has 5 N–H and O–H groups in total. The van der Waals surface area contributed by atoms with Gasteiger partial charge in [0.05, 0.1) is 6.61 Å². The van der Waals surface area contributed by atoms with Crippen LogP contribution in [0.2, 0.25) is 0 Å². The van der Waals surface area contributed by atoms with Crippen molar-refractivity contribution in [3.8, 4) is 0 Å². The fraction of sp³-hybridized carbons (Fsp3) is 0.900. The molecule has 1 rings (SSSR count). The van der Waals surface area contributed by atoms with Crippen molar-refractivity contribution in [2.24, 2.45) is 0 Å². The van der Waals surface area contributed by atoms with Crippen molar-refractivity contribution in [1.29, 1.82) is 0 Å². The molecular formula is C10H19NO6. The van der Waals surface area contributed by atoms with E-state index in [1.165, 1.54) is 0 Å². The van der Waals surface area contributed by atoms with Crippen molar-refractivity contribution >= 4 is 5.91 Å². The van der Waals surface area contributed by atoms with Gasteiger partial charge in [0.2, 0.25) is 5.91 Å². The zero-order valence-electron chi connectivity index (χ0n) is 9.61. The summed E-state index contributed by atoms with van der Waals surface area (Å²) in [7, 11) is 0. The van der Waals surface area contributed by atoms with Gasteiger partial charge in [-0.3, -0.25) is 4.79 Å². The van der Waals surface area contributed by atoms with Gasteiger partial charge in [-0.2, -0.15) is 0 Å². The molecule has 1 aliphatic rings. The first-order valence-corrected chi connectivity index (χ1v) is 5.61. The number of hydrogen-bond donors (Lipinski definition) is 5. The van der Waals surface area contributed by atoms with Gasteiger partial charge >= 0.3 is 0 Å². The van der Waals surface area contributed by atoms with Crippen LogP contribution in [0.5, 0.6) is 0 Å². The van der Waals surface area contributed by atoms with E-state index in [1.54, 1.807) is 0 Å². The molecule has 1 heterocycles. The van der Waals surface area contributed by atoms with Crippen LogP contribution >= 0.6 is 0 Å². The molecule has 0 radical (unpaired) electrons. The number of rotatable bonds is 4. The Morgan fingerprint density at radius 1 is 1.29 bits per heavy atom. The number of nitrogens with one attached hydrogen (secondary N) is 1. The summed E-state index contributed by atoms with van der Waals surface area (Å²) in [6, 6.07) is -1.09. The minimum atomic E-state index is -1.45. The van der Waals surface area contributed by atoms with Gasteiger partial charge in [0, 0.05) is 6.42 Å². The lowest BCUT2D eigenvalue weighted by molar-refractivity contribution is -0.253. The van der Waals surface area contributed by atoms with E-state index in [9.17, 15) is 20.1 Å². The highest BCUT2D eigenvalue weighted by Gasteiger charge is 2.44. The molecule has 100 valence electrons. The van der Waals surface area contributed by atoms with Crippen molar-refractivity contribution in [2.45, 2.75) is 50.4 Å². The second-order valence-corrected chi connectivity index (χ2v) is 4.07. The molecule has 1 amide bonds. The predicted molar refractivity (Wildman–Crippen MR) is 56.8 cm³/mol. The van der Waals surface area contributed by atoms with E-state index in [0.717, 1.165) is 0 Å². The van der Waals surface area contributed by atoms with Crippen LogP contribution in [0.25, 0.3) is 0 Å². The highest BCUT2D eigenvalue weighted by atomic mass is 16.6. The van der Waals surface area contributed by atoms with Crippen molar-refractivity contribution in [3.05, 3.63) is 0 Å². The third-order valence-corrected chi connectivity index (χ3v) is 2.70. The molecule has 17 heavy (non-hydrogen) atoms. The molecule has 0 aliphatic carbocycles. The highest BCUT2D eigenvalue weighted by molar-refractivity contribution is 5.76. The van der Waals surface area contributed by atoms with Crippen molar-refractivity contribution in [3.63, 3.8) is 0 Å². The fourth-order valence-corrected chi connectivity index (χ4v) is 1.74. The molecule has 1 saturated heterocycles. The van der Waals surface area contributed by atoms with Crippen LogP contribution < -0.4 is 5.32 Å². The fourth-order valence-electron chi connectivity index (χ4n) is 1.74. The third kappa shape index (κ3) is 3.36. The average Bonchev–Trinajstić information content (AvgIpc) is 2.29. The predicted octanol–water partition coefficient (Wildman–Crippen LogP) is -2.30. The topological polar surface area (TPSA) is 119 Å². The quantitative estimate of drug-likeness (QED) is 0.382. The lowest BCUT2D eigenvalue weighted by Gasteiger charge is -2.40. The number of ether oxygens (including phenoxy) is 1. The maximum absolute atomic E-state index is 11.3. The monoisotopic (exact) mass is 249 g/mol. The van der Waals surface area contributed by atoms with Crippen LogP contribution in [0, 0.1) is 0 Å². The lowest BCUT2D eigenvalue weighted by atomic mass is 9.97. The molecular weight excluding hydrogens is 230 g/mol. The summed E-state index contributed by atoms with van der Waals surface area (Å²) in [5.74, 6) is -0.339. The van der Waals surface area contributed by atoms with Gasteiger partial charge in [0.15, 0.2) is 6.29 Å². The largest absolute Gasteiger partial charge is 0.394 e. The molecule has 0 aromatic carbocycles. The first-order chi connectivity index (χ1) is 8.01. The Hall–Kier alpha value is -0.730. The van der Waals surface area contributed by atoms with Crippen LogP contribution in [0.15, 0.2) is 0 Å². The molecule has 0 spiro atoms. The van der Waals surface area contributed by atoms with Crippen LogP contribution in [0.1, 0.15) is 19.8 Å². The molecule has 7 nitrogen and oxygen atoms in total. The standard InChI is InChI=1S/C10H19NO6/c1-2-3-6(13)11-7-9(15)8(14)5(4-12)17-10(7)16/h5,7-10,12,14-16H,2-4H2,1H3,(H,11,13)/t5-,7-,8+,9+,10-/m0/s1. The first-order valence-electron chi connectivity index (χ1n) is 5.61. The minimum Gasteiger partial charge on any atom is -0.394 e. The van der Waals surface area contributed by atoms with Gasteiger partial charge < -0.3 is 30.5 Å². The Morgan fingerprint density at radius 3 is 2.47 bits per heavy atom. The van der Waals surface area contributed by atoms with Crippen LogP contribution in [0.4, 0.5) is 0 Å². The van der Waals surface area contributed by atoms with Crippen LogP contribution in [-0.2, 0) is 9.53 Å². The molecule has 1 aliphatic heterocycles. The zero-order chi connectivity index (χ0) is 13.0. The average molecular weight is 249 g/mol. The number of aliphatic hydroxyl groups is 4. The number of carbonyl (C=O) groups excluding carboxylic acids is 1. The summed E-state index contributed by atoms with van der Waals surface area (Å²) in [6.45, 7) is 1.30. The maximum Gasteiger partial charge on any atom is 0.220 e. The lowest BCUT2D eigenvalue weighted by Crippen LogP contribution is -2.64. The van der Waals surface area contributed by atoms with E-state index < -0.39 is 37.3 Å². The van der Waals surface area contributed by atoms with E-state index in [1.807, 2.05) is 6.92 Å². The molecule has 0 bridgehead atoms. The second-order valence-electron chi connectivity index (χ2n) is 4.07. The summed E-state index contributed by atoms with van der Waals surface area (Å²) in [6.07, 6.45) is -4.35. The van der Waals surface area contributed by atoms with Crippen LogP contribution in [-0.4, -0.2) is 63.6 Å². The molecule has 0 saturated carbocycles. The Labute approximate surface area is 99.0 Å².